The largest absolute Gasteiger partial charge is 0.387 e. The quantitative estimate of drug-likeness (QED) is 0.810. The van der Waals surface area contributed by atoms with E-state index in [1.54, 1.807) is 13.2 Å². The Morgan fingerprint density at radius 1 is 1.53 bits per heavy atom. The second-order valence-electron chi connectivity index (χ2n) is 5.00. The Hall–Kier alpha value is -0.680. The fourth-order valence-electron chi connectivity index (χ4n) is 2.14. The smallest absolute Gasteiger partial charge is 0.142 e. The van der Waals surface area contributed by atoms with Crippen molar-refractivity contribution in [2.24, 2.45) is 5.92 Å². The van der Waals surface area contributed by atoms with Crippen LogP contribution in [-0.4, -0.2) is 31.4 Å². The lowest BCUT2D eigenvalue weighted by molar-refractivity contribution is 0.132. The molecule has 0 radical (unpaired) electrons. The zero-order valence-corrected chi connectivity index (χ0v) is 11.7. The minimum atomic E-state index is -0.745. The standard InChI is InChI=1S/C14H19ClFNO2/c1-19-8-13(9-2-3-9)17-7-14(18)10-4-5-11(15)12(16)6-10/h4-6,9,13-14,17-18H,2-3,7-8H2,1H3. The maximum absolute atomic E-state index is 13.3. The topological polar surface area (TPSA) is 41.5 Å². The summed E-state index contributed by atoms with van der Waals surface area (Å²) in [7, 11) is 1.67. The number of nitrogens with one attached hydrogen (secondary N) is 1. The lowest BCUT2D eigenvalue weighted by Crippen LogP contribution is -2.37. The Kier molecular flexibility index (Phi) is 5.16. The Balaban J connectivity index is 1.88. The molecule has 5 heteroatoms. The summed E-state index contributed by atoms with van der Waals surface area (Å²) < 4.78 is 18.5. The van der Waals surface area contributed by atoms with Crippen molar-refractivity contribution in [2.75, 3.05) is 20.3 Å². The second kappa shape index (κ2) is 6.66. The summed E-state index contributed by atoms with van der Waals surface area (Å²) in [4.78, 5) is 0. The maximum Gasteiger partial charge on any atom is 0.142 e. The molecule has 0 aromatic heterocycles. The molecule has 0 amide bonds. The third-order valence-electron chi connectivity index (χ3n) is 3.44. The van der Waals surface area contributed by atoms with Crippen LogP contribution in [0.4, 0.5) is 4.39 Å². The van der Waals surface area contributed by atoms with Gasteiger partial charge < -0.3 is 15.2 Å². The average Bonchev–Trinajstić information content (AvgIpc) is 3.21. The molecule has 0 heterocycles. The second-order valence-corrected chi connectivity index (χ2v) is 5.40. The lowest BCUT2D eigenvalue weighted by Gasteiger charge is -2.20. The van der Waals surface area contributed by atoms with E-state index in [0.717, 1.165) is 0 Å². The van der Waals surface area contributed by atoms with Gasteiger partial charge in [-0.15, -0.1) is 0 Å². The Bertz CT molecular complexity index is 426. The molecule has 0 saturated heterocycles. The first-order valence-electron chi connectivity index (χ1n) is 6.47. The molecule has 1 aromatic rings. The highest BCUT2D eigenvalue weighted by molar-refractivity contribution is 6.30. The molecule has 2 rings (SSSR count). The van der Waals surface area contributed by atoms with Crippen molar-refractivity contribution in [3.8, 4) is 0 Å². The van der Waals surface area contributed by atoms with Crippen LogP contribution < -0.4 is 5.32 Å². The number of halogens is 2. The van der Waals surface area contributed by atoms with Gasteiger partial charge in [0.1, 0.15) is 5.82 Å². The van der Waals surface area contributed by atoms with E-state index in [-0.39, 0.29) is 11.1 Å². The van der Waals surface area contributed by atoms with Gasteiger partial charge in [-0.3, -0.25) is 0 Å². The van der Waals surface area contributed by atoms with Gasteiger partial charge in [-0.2, -0.15) is 0 Å². The first-order chi connectivity index (χ1) is 9.11. The van der Waals surface area contributed by atoms with E-state index in [4.69, 9.17) is 16.3 Å². The molecule has 0 aliphatic heterocycles. The molecule has 0 bridgehead atoms. The Morgan fingerprint density at radius 3 is 2.84 bits per heavy atom. The number of hydrogen-bond acceptors (Lipinski definition) is 3. The molecule has 19 heavy (non-hydrogen) atoms. The minimum absolute atomic E-state index is 0.0687. The van der Waals surface area contributed by atoms with Crippen molar-refractivity contribution in [3.05, 3.63) is 34.6 Å². The van der Waals surface area contributed by atoms with Crippen LogP contribution in [0.15, 0.2) is 18.2 Å². The van der Waals surface area contributed by atoms with Crippen molar-refractivity contribution >= 4 is 11.6 Å². The summed E-state index contributed by atoms with van der Waals surface area (Å²) in [6, 6.07) is 4.64. The zero-order valence-electron chi connectivity index (χ0n) is 10.9. The van der Waals surface area contributed by atoms with Crippen LogP contribution in [0, 0.1) is 11.7 Å². The fourth-order valence-corrected chi connectivity index (χ4v) is 2.26. The van der Waals surface area contributed by atoms with Crippen molar-refractivity contribution in [1.29, 1.82) is 0 Å². The SMILES string of the molecule is COCC(NCC(O)c1ccc(Cl)c(F)c1)C1CC1. The third-order valence-corrected chi connectivity index (χ3v) is 3.75. The number of aliphatic hydroxyl groups is 1. The molecule has 3 nitrogen and oxygen atoms in total. The minimum Gasteiger partial charge on any atom is -0.387 e. The monoisotopic (exact) mass is 287 g/mol. The van der Waals surface area contributed by atoms with E-state index in [1.165, 1.54) is 25.0 Å². The van der Waals surface area contributed by atoms with Crippen LogP contribution in [0.5, 0.6) is 0 Å². The summed E-state index contributed by atoms with van der Waals surface area (Å²) in [6.07, 6.45) is 1.66. The maximum atomic E-state index is 13.3. The number of aliphatic hydroxyl groups excluding tert-OH is 1. The van der Waals surface area contributed by atoms with Crippen LogP contribution in [0.3, 0.4) is 0 Å². The first-order valence-corrected chi connectivity index (χ1v) is 6.85. The number of methoxy groups -OCH3 is 1. The number of rotatable bonds is 7. The van der Waals surface area contributed by atoms with E-state index < -0.39 is 11.9 Å². The Labute approximate surface area is 117 Å². The molecule has 1 aliphatic rings. The molecule has 1 aromatic carbocycles. The molecule has 0 spiro atoms. The van der Waals surface area contributed by atoms with Crippen LogP contribution in [0.1, 0.15) is 24.5 Å². The molecule has 2 unspecified atom stereocenters. The highest BCUT2D eigenvalue weighted by atomic mass is 35.5. The van der Waals surface area contributed by atoms with Gasteiger partial charge in [0.15, 0.2) is 0 Å². The summed E-state index contributed by atoms with van der Waals surface area (Å²) >= 11 is 5.62. The summed E-state index contributed by atoms with van der Waals surface area (Å²) in [5.74, 6) is 0.128. The normalized spacial score (nSPS) is 18.3. The van der Waals surface area contributed by atoms with Crippen molar-refractivity contribution in [2.45, 2.75) is 25.0 Å². The number of hydrogen-bond donors (Lipinski definition) is 2. The van der Waals surface area contributed by atoms with E-state index >= 15 is 0 Å². The molecule has 2 atom stereocenters. The van der Waals surface area contributed by atoms with E-state index in [2.05, 4.69) is 5.32 Å². The molecule has 1 aliphatic carbocycles. The van der Waals surface area contributed by atoms with Gasteiger partial charge in [0.05, 0.1) is 17.7 Å². The molecule has 106 valence electrons. The first kappa shape index (κ1) is 14.7. The van der Waals surface area contributed by atoms with Crippen LogP contribution in [0.2, 0.25) is 5.02 Å². The predicted molar refractivity (Wildman–Crippen MR) is 72.8 cm³/mol. The Morgan fingerprint density at radius 2 is 2.26 bits per heavy atom. The van der Waals surface area contributed by atoms with Crippen molar-refractivity contribution in [3.63, 3.8) is 0 Å². The number of ether oxygens (including phenoxy) is 1. The summed E-state index contributed by atoms with van der Waals surface area (Å²) in [5, 5.41) is 13.4. The van der Waals surface area contributed by atoms with Crippen LogP contribution in [0.25, 0.3) is 0 Å². The predicted octanol–water partition coefficient (Wildman–Crippen LogP) is 2.53. The van der Waals surface area contributed by atoms with Gasteiger partial charge in [0.25, 0.3) is 0 Å². The van der Waals surface area contributed by atoms with Crippen molar-refractivity contribution in [1.82, 2.24) is 5.32 Å². The highest BCUT2D eigenvalue weighted by Crippen LogP contribution is 2.33. The van der Waals surface area contributed by atoms with Crippen molar-refractivity contribution < 1.29 is 14.2 Å². The van der Waals surface area contributed by atoms with E-state index in [9.17, 15) is 9.50 Å². The zero-order chi connectivity index (χ0) is 13.8. The van der Waals surface area contributed by atoms with E-state index in [0.29, 0.717) is 24.6 Å². The summed E-state index contributed by atoms with van der Waals surface area (Å²) in [6.45, 7) is 1.01. The molecular formula is C14H19ClFNO2. The van der Waals surface area contributed by atoms with Gasteiger partial charge >= 0.3 is 0 Å². The molecule has 1 fully saturated rings. The summed E-state index contributed by atoms with van der Waals surface area (Å²) in [5.41, 5.74) is 0.529. The molecular weight excluding hydrogens is 269 g/mol. The van der Waals surface area contributed by atoms with E-state index in [1.807, 2.05) is 0 Å². The fraction of sp³-hybridized carbons (Fsp3) is 0.571. The van der Waals surface area contributed by atoms with Gasteiger partial charge in [0, 0.05) is 19.7 Å². The van der Waals surface area contributed by atoms with Gasteiger partial charge in [-0.1, -0.05) is 17.7 Å². The number of benzene rings is 1. The lowest BCUT2D eigenvalue weighted by atomic mass is 10.1. The molecule has 2 N–H and O–H groups in total. The highest BCUT2D eigenvalue weighted by Gasteiger charge is 2.31. The van der Waals surface area contributed by atoms with Crippen LogP contribution in [-0.2, 0) is 4.74 Å². The molecule has 1 saturated carbocycles. The average molecular weight is 288 g/mol. The van der Waals surface area contributed by atoms with Crippen LogP contribution >= 0.6 is 11.6 Å². The van der Waals surface area contributed by atoms with Gasteiger partial charge in [0.2, 0.25) is 0 Å². The third kappa shape index (κ3) is 4.14. The van der Waals surface area contributed by atoms with Gasteiger partial charge in [-0.25, -0.2) is 4.39 Å². The van der Waals surface area contributed by atoms with Gasteiger partial charge in [-0.05, 0) is 36.5 Å².